The molecule has 0 bridgehead atoms. The second-order valence-corrected chi connectivity index (χ2v) is 4.62. The van der Waals surface area contributed by atoms with Gasteiger partial charge >= 0.3 is 0 Å². The van der Waals surface area contributed by atoms with E-state index in [1.54, 1.807) is 32.4 Å². The van der Waals surface area contributed by atoms with Gasteiger partial charge in [-0.05, 0) is 37.1 Å². The lowest BCUT2D eigenvalue weighted by Crippen LogP contribution is -2.26. The van der Waals surface area contributed by atoms with Crippen molar-refractivity contribution in [3.8, 4) is 17.6 Å². The average Bonchev–Trinajstić information content (AvgIpc) is 2.57. The number of benzene rings is 1. The van der Waals surface area contributed by atoms with Crippen LogP contribution < -0.4 is 14.8 Å². The molecule has 0 radical (unpaired) electrons. The quantitative estimate of drug-likeness (QED) is 0.429. The highest BCUT2D eigenvalue weighted by Crippen LogP contribution is 2.28. The van der Waals surface area contributed by atoms with Crippen LogP contribution in [-0.4, -0.2) is 39.9 Å². The Hall–Kier alpha value is -2.52. The highest BCUT2D eigenvalue weighted by atomic mass is 16.5. The summed E-state index contributed by atoms with van der Waals surface area (Å²) in [5, 5.41) is 11.9. The second-order valence-electron chi connectivity index (χ2n) is 4.62. The van der Waals surface area contributed by atoms with Crippen molar-refractivity contribution in [2.24, 2.45) is 0 Å². The molecule has 6 heteroatoms. The van der Waals surface area contributed by atoms with E-state index in [2.05, 4.69) is 5.32 Å². The fraction of sp³-hybridized carbons (Fsp3) is 0.412. The molecule has 124 valence electrons. The Morgan fingerprint density at radius 3 is 2.74 bits per heavy atom. The van der Waals surface area contributed by atoms with E-state index in [0.717, 1.165) is 0 Å². The topological polar surface area (TPSA) is 80.6 Å². The van der Waals surface area contributed by atoms with E-state index < -0.39 is 5.91 Å². The molecule has 0 unspecified atom stereocenters. The molecular weight excluding hydrogens is 296 g/mol. The van der Waals surface area contributed by atoms with Gasteiger partial charge in [-0.15, -0.1) is 0 Å². The first-order valence-electron chi connectivity index (χ1n) is 7.36. The number of nitrogens with one attached hydrogen (secondary N) is 1. The number of amides is 1. The predicted molar refractivity (Wildman–Crippen MR) is 87.3 cm³/mol. The van der Waals surface area contributed by atoms with Crippen LogP contribution in [0.25, 0.3) is 6.08 Å². The van der Waals surface area contributed by atoms with Gasteiger partial charge in [0, 0.05) is 20.3 Å². The number of carbonyl (C=O) groups is 1. The lowest BCUT2D eigenvalue weighted by Gasteiger charge is -2.10. The van der Waals surface area contributed by atoms with Crippen molar-refractivity contribution in [1.82, 2.24) is 5.32 Å². The SMILES string of the molecule is CCOc1cc(/C=C(\C#N)C(=O)NCCCOC)ccc1OC. The summed E-state index contributed by atoms with van der Waals surface area (Å²) in [6.45, 7) is 3.38. The van der Waals surface area contributed by atoms with Crippen LogP contribution in [0.4, 0.5) is 0 Å². The van der Waals surface area contributed by atoms with Crippen molar-refractivity contribution in [2.75, 3.05) is 34.0 Å². The average molecular weight is 318 g/mol. The van der Waals surface area contributed by atoms with Crippen molar-refractivity contribution in [2.45, 2.75) is 13.3 Å². The molecule has 1 aromatic carbocycles. The molecule has 0 fully saturated rings. The Bertz CT molecular complexity index is 591. The first kappa shape index (κ1) is 18.5. The number of nitriles is 1. The predicted octanol–water partition coefficient (Wildman–Crippen LogP) is 2.15. The van der Waals surface area contributed by atoms with Crippen LogP contribution in [0, 0.1) is 11.3 Å². The summed E-state index contributed by atoms with van der Waals surface area (Å²) in [5.41, 5.74) is 0.730. The highest BCUT2D eigenvalue weighted by molar-refractivity contribution is 6.01. The Morgan fingerprint density at radius 2 is 2.13 bits per heavy atom. The molecule has 0 heterocycles. The summed E-state index contributed by atoms with van der Waals surface area (Å²) in [5.74, 6) is 0.769. The number of nitrogens with zero attached hydrogens (tertiary/aromatic N) is 1. The van der Waals surface area contributed by atoms with Crippen molar-refractivity contribution in [3.05, 3.63) is 29.3 Å². The van der Waals surface area contributed by atoms with Gasteiger partial charge in [0.1, 0.15) is 11.6 Å². The molecule has 0 aliphatic heterocycles. The van der Waals surface area contributed by atoms with Crippen molar-refractivity contribution in [1.29, 1.82) is 5.26 Å². The maximum absolute atomic E-state index is 12.0. The standard InChI is InChI=1S/C17H22N2O4/c1-4-23-16-11-13(6-7-15(16)22-3)10-14(12-18)17(20)19-8-5-9-21-2/h6-7,10-11H,4-5,8-9H2,1-3H3,(H,19,20)/b14-10+. The number of hydrogen-bond acceptors (Lipinski definition) is 5. The maximum atomic E-state index is 12.0. The van der Waals surface area contributed by atoms with Gasteiger partial charge in [0.05, 0.1) is 13.7 Å². The van der Waals surface area contributed by atoms with Crippen molar-refractivity contribution in [3.63, 3.8) is 0 Å². The zero-order valence-electron chi connectivity index (χ0n) is 13.7. The molecule has 1 amide bonds. The van der Waals surface area contributed by atoms with Crippen molar-refractivity contribution >= 4 is 12.0 Å². The number of hydrogen-bond donors (Lipinski definition) is 1. The minimum absolute atomic E-state index is 0.0371. The van der Waals surface area contributed by atoms with E-state index in [9.17, 15) is 10.1 Å². The van der Waals surface area contributed by atoms with Crippen LogP contribution in [-0.2, 0) is 9.53 Å². The third-order valence-corrected chi connectivity index (χ3v) is 2.97. The lowest BCUT2D eigenvalue weighted by molar-refractivity contribution is -0.117. The smallest absolute Gasteiger partial charge is 0.261 e. The summed E-state index contributed by atoms with van der Waals surface area (Å²) in [4.78, 5) is 12.0. The Balaban J connectivity index is 2.87. The molecule has 0 saturated carbocycles. The largest absolute Gasteiger partial charge is 0.493 e. The molecule has 6 nitrogen and oxygen atoms in total. The molecule has 23 heavy (non-hydrogen) atoms. The van der Waals surface area contributed by atoms with Gasteiger partial charge < -0.3 is 19.5 Å². The fourth-order valence-corrected chi connectivity index (χ4v) is 1.88. The van der Waals surface area contributed by atoms with Crippen molar-refractivity contribution < 1.29 is 19.0 Å². The fourth-order valence-electron chi connectivity index (χ4n) is 1.88. The summed E-state index contributed by atoms with van der Waals surface area (Å²) in [6.07, 6.45) is 2.21. The van der Waals surface area contributed by atoms with Gasteiger partial charge in [0.15, 0.2) is 11.5 Å². The van der Waals surface area contributed by atoms with Crippen LogP contribution in [0.3, 0.4) is 0 Å². The lowest BCUT2D eigenvalue weighted by atomic mass is 10.1. The van der Waals surface area contributed by atoms with Gasteiger partial charge in [-0.1, -0.05) is 6.07 Å². The molecular formula is C17H22N2O4. The highest BCUT2D eigenvalue weighted by Gasteiger charge is 2.10. The Morgan fingerprint density at radius 1 is 1.35 bits per heavy atom. The molecule has 0 atom stereocenters. The molecule has 1 N–H and O–H groups in total. The third-order valence-electron chi connectivity index (χ3n) is 2.97. The van der Waals surface area contributed by atoms with Gasteiger partial charge in [-0.25, -0.2) is 0 Å². The number of methoxy groups -OCH3 is 2. The van der Waals surface area contributed by atoms with Crippen LogP contribution in [0.15, 0.2) is 23.8 Å². The van der Waals surface area contributed by atoms with E-state index in [1.807, 2.05) is 13.0 Å². The molecule has 0 aliphatic carbocycles. The molecule has 1 aromatic rings. The third kappa shape index (κ3) is 6.01. The Labute approximate surface area is 136 Å². The van der Waals surface area contributed by atoms with Crippen LogP contribution in [0.1, 0.15) is 18.9 Å². The minimum atomic E-state index is -0.405. The minimum Gasteiger partial charge on any atom is -0.493 e. The van der Waals surface area contributed by atoms with Gasteiger partial charge in [0.25, 0.3) is 5.91 Å². The van der Waals surface area contributed by atoms with E-state index in [-0.39, 0.29) is 5.57 Å². The summed E-state index contributed by atoms with van der Waals surface area (Å²) in [6, 6.07) is 7.15. The first-order valence-corrected chi connectivity index (χ1v) is 7.36. The number of rotatable bonds is 9. The van der Waals surface area contributed by atoms with E-state index in [1.165, 1.54) is 6.08 Å². The zero-order valence-corrected chi connectivity index (χ0v) is 13.7. The van der Waals surface area contributed by atoms with Gasteiger partial charge in [-0.2, -0.15) is 5.26 Å². The molecule has 1 rings (SSSR count). The Kier molecular flexibility index (Phi) is 8.25. The molecule has 0 aliphatic rings. The summed E-state index contributed by atoms with van der Waals surface area (Å²) >= 11 is 0. The van der Waals surface area contributed by atoms with Gasteiger partial charge in [0.2, 0.25) is 0 Å². The zero-order chi connectivity index (χ0) is 17.1. The molecule has 0 spiro atoms. The summed E-state index contributed by atoms with van der Waals surface area (Å²) < 4.78 is 15.6. The van der Waals surface area contributed by atoms with E-state index in [0.29, 0.717) is 43.2 Å². The second kappa shape index (κ2) is 10.2. The summed E-state index contributed by atoms with van der Waals surface area (Å²) in [7, 11) is 3.16. The monoisotopic (exact) mass is 318 g/mol. The number of ether oxygens (including phenoxy) is 3. The molecule has 0 saturated heterocycles. The van der Waals surface area contributed by atoms with Crippen LogP contribution >= 0.6 is 0 Å². The normalized spacial score (nSPS) is 10.8. The molecule has 0 aromatic heterocycles. The van der Waals surface area contributed by atoms with Crippen LogP contribution in [0.2, 0.25) is 0 Å². The van der Waals surface area contributed by atoms with E-state index in [4.69, 9.17) is 14.2 Å². The van der Waals surface area contributed by atoms with Crippen LogP contribution in [0.5, 0.6) is 11.5 Å². The van der Waals surface area contributed by atoms with E-state index >= 15 is 0 Å². The maximum Gasteiger partial charge on any atom is 0.261 e. The number of carbonyl (C=O) groups excluding carboxylic acids is 1. The first-order chi connectivity index (χ1) is 11.2. The van der Waals surface area contributed by atoms with Gasteiger partial charge in [-0.3, -0.25) is 4.79 Å².